The average Bonchev–Trinajstić information content (AvgIpc) is 2.78. The molecule has 2 aromatic carbocycles. The topological polar surface area (TPSA) is 25.2 Å². The predicted molar refractivity (Wildman–Crippen MR) is 84.7 cm³/mol. The van der Waals surface area contributed by atoms with Crippen LogP contribution in [0.5, 0.6) is 0 Å². The molecule has 1 aromatic heterocycles. The summed E-state index contributed by atoms with van der Waals surface area (Å²) < 4.78 is 19.1. The third-order valence-corrected chi connectivity index (χ3v) is 3.90. The van der Waals surface area contributed by atoms with E-state index < -0.39 is 5.82 Å². The van der Waals surface area contributed by atoms with Crippen LogP contribution in [0.2, 0.25) is 10.0 Å². The highest BCUT2D eigenvalue weighted by Crippen LogP contribution is 2.29. The summed E-state index contributed by atoms with van der Waals surface area (Å²) in [6, 6.07) is 10.9. The Morgan fingerprint density at radius 1 is 1.14 bits per heavy atom. The van der Waals surface area contributed by atoms with Gasteiger partial charge in [-0.1, -0.05) is 41.4 Å². The van der Waals surface area contributed by atoms with Crippen molar-refractivity contribution in [3.05, 3.63) is 63.6 Å². The van der Waals surface area contributed by atoms with E-state index in [0.29, 0.717) is 12.2 Å². The van der Waals surface area contributed by atoms with Crippen LogP contribution in [-0.4, -0.2) is 0 Å². The molecule has 0 saturated heterocycles. The van der Waals surface area contributed by atoms with Crippen LogP contribution in [0.3, 0.4) is 0 Å². The van der Waals surface area contributed by atoms with E-state index in [2.05, 4.69) is 5.32 Å². The zero-order chi connectivity index (χ0) is 15.0. The summed E-state index contributed by atoms with van der Waals surface area (Å²) >= 11 is 11.6. The van der Waals surface area contributed by atoms with Gasteiger partial charge in [0.15, 0.2) is 5.82 Å². The number of para-hydroxylation sites is 1. The van der Waals surface area contributed by atoms with Crippen LogP contribution in [0.25, 0.3) is 11.0 Å². The Labute approximate surface area is 131 Å². The van der Waals surface area contributed by atoms with Crippen molar-refractivity contribution in [1.29, 1.82) is 0 Å². The summed E-state index contributed by atoms with van der Waals surface area (Å²) in [6.07, 6.45) is 0. The van der Waals surface area contributed by atoms with Crippen LogP contribution in [-0.2, 0) is 6.54 Å². The van der Waals surface area contributed by atoms with Gasteiger partial charge in [-0.3, -0.25) is 0 Å². The molecule has 0 spiro atoms. The Bertz CT molecular complexity index is 790. The fourth-order valence-electron chi connectivity index (χ4n) is 2.29. The molecule has 5 heteroatoms. The van der Waals surface area contributed by atoms with E-state index >= 15 is 0 Å². The molecular formula is C16H12Cl2FNO. The van der Waals surface area contributed by atoms with Crippen LogP contribution in [0.15, 0.2) is 40.8 Å². The number of halogens is 3. The summed E-state index contributed by atoms with van der Waals surface area (Å²) in [7, 11) is 0. The molecule has 0 unspecified atom stereocenters. The van der Waals surface area contributed by atoms with E-state index in [9.17, 15) is 4.39 Å². The molecule has 2 nitrogen and oxygen atoms in total. The Morgan fingerprint density at radius 3 is 2.52 bits per heavy atom. The molecule has 0 aliphatic heterocycles. The zero-order valence-corrected chi connectivity index (χ0v) is 12.7. The first-order chi connectivity index (χ1) is 10.1. The molecule has 1 heterocycles. The highest BCUT2D eigenvalue weighted by atomic mass is 35.5. The highest BCUT2D eigenvalue weighted by Gasteiger charge is 2.11. The van der Waals surface area contributed by atoms with Crippen LogP contribution in [0, 0.1) is 12.7 Å². The molecule has 108 valence electrons. The molecule has 0 bridgehead atoms. The molecule has 0 atom stereocenters. The lowest BCUT2D eigenvalue weighted by Gasteiger charge is -2.08. The molecule has 0 radical (unpaired) electrons. The molecule has 0 amide bonds. The lowest BCUT2D eigenvalue weighted by Crippen LogP contribution is -2.00. The number of anilines is 1. The minimum atomic E-state index is -0.603. The van der Waals surface area contributed by atoms with E-state index in [0.717, 1.165) is 22.3 Å². The summed E-state index contributed by atoms with van der Waals surface area (Å²) in [6.45, 7) is 2.46. The highest BCUT2D eigenvalue weighted by molar-refractivity contribution is 6.35. The maximum Gasteiger partial charge on any atom is 0.160 e. The molecular weight excluding hydrogens is 312 g/mol. The van der Waals surface area contributed by atoms with E-state index in [1.54, 1.807) is 0 Å². The smallest absolute Gasteiger partial charge is 0.160 e. The third kappa shape index (κ3) is 2.71. The van der Waals surface area contributed by atoms with Crippen molar-refractivity contribution in [3.63, 3.8) is 0 Å². The van der Waals surface area contributed by atoms with Crippen molar-refractivity contribution in [3.8, 4) is 0 Å². The fraction of sp³-hybridized carbons (Fsp3) is 0.125. The van der Waals surface area contributed by atoms with Crippen molar-refractivity contribution < 1.29 is 8.81 Å². The number of aryl methyl sites for hydroxylation is 1. The monoisotopic (exact) mass is 323 g/mol. The molecule has 0 aliphatic carbocycles. The van der Waals surface area contributed by atoms with Crippen LogP contribution in [0.4, 0.5) is 10.1 Å². The number of hydrogen-bond donors (Lipinski definition) is 1. The molecule has 21 heavy (non-hydrogen) atoms. The van der Waals surface area contributed by atoms with E-state index in [1.807, 2.05) is 31.2 Å². The normalized spacial score (nSPS) is 11.0. The number of hydrogen-bond acceptors (Lipinski definition) is 2. The van der Waals surface area contributed by atoms with Gasteiger partial charge in [0.25, 0.3) is 0 Å². The Kier molecular flexibility index (Phi) is 3.79. The molecule has 0 saturated carbocycles. The van der Waals surface area contributed by atoms with E-state index in [-0.39, 0.29) is 10.0 Å². The van der Waals surface area contributed by atoms with Gasteiger partial charge < -0.3 is 9.73 Å². The van der Waals surface area contributed by atoms with Gasteiger partial charge in [0.2, 0.25) is 0 Å². The van der Waals surface area contributed by atoms with E-state index in [1.165, 1.54) is 12.1 Å². The van der Waals surface area contributed by atoms with Crippen LogP contribution < -0.4 is 5.32 Å². The maximum atomic E-state index is 13.4. The molecule has 3 rings (SSSR count). The van der Waals surface area contributed by atoms with Gasteiger partial charge in [-0.15, -0.1) is 0 Å². The van der Waals surface area contributed by atoms with Gasteiger partial charge in [0, 0.05) is 23.2 Å². The first kappa shape index (κ1) is 14.2. The molecule has 0 aliphatic rings. The number of benzene rings is 2. The molecule has 0 fully saturated rings. The second kappa shape index (κ2) is 5.58. The number of fused-ring (bicyclic) bond motifs is 1. The first-order valence-electron chi connectivity index (χ1n) is 6.41. The van der Waals surface area contributed by atoms with Crippen molar-refractivity contribution >= 4 is 39.9 Å². The van der Waals surface area contributed by atoms with Gasteiger partial charge in [-0.2, -0.15) is 0 Å². The third-order valence-electron chi connectivity index (χ3n) is 3.35. The predicted octanol–water partition coefficient (Wildman–Crippen LogP) is 5.80. The Balaban J connectivity index is 1.88. The van der Waals surface area contributed by atoms with Gasteiger partial charge >= 0.3 is 0 Å². The van der Waals surface area contributed by atoms with Gasteiger partial charge in [0.05, 0.1) is 10.0 Å². The summed E-state index contributed by atoms with van der Waals surface area (Å²) in [5, 5.41) is 4.25. The SMILES string of the molecule is Cc1oc2ccccc2c1CNc1cc(Cl)c(F)c(Cl)c1. The number of furan rings is 1. The van der Waals surface area contributed by atoms with Crippen LogP contribution >= 0.6 is 23.2 Å². The van der Waals surface area contributed by atoms with Crippen molar-refractivity contribution in [2.24, 2.45) is 0 Å². The first-order valence-corrected chi connectivity index (χ1v) is 7.17. The Hall–Kier alpha value is -1.71. The van der Waals surface area contributed by atoms with Gasteiger partial charge in [-0.05, 0) is 25.1 Å². The lowest BCUT2D eigenvalue weighted by atomic mass is 10.1. The Morgan fingerprint density at radius 2 is 1.81 bits per heavy atom. The van der Waals surface area contributed by atoms with Gasteiger partial charge in [-0.25, -0.2) is 4.39 Å². The lowest BCUT2D eigenvalue weighted by molar-refractivity contribution is 0.573. The summed E-state index contributed by atoms with van der Waals surface area (Å²) in [4.78, 5) is 0. The van der Waals surface area contributed by atoms with Gasteiger partial charge in [0.1, 0.15) is 11.3 Å². The van der Waals surface area contributed by atoms with Crippen molar-refractivity contribution in [1.82, 2.24) is 0 Å². The summed E-state index contributed by atoms with van der Waals surface area (Å²) in [5.74, 6) is 0.247. The van der Waals surface area contributed by atoms with Crippen molar-refractivity contribution in [2.75, 3.05) is 5.32 Å². The minimum Gasteiger partial charge on any atom is -0.461 e. The molecule has 1 N–H and O–H groups in total. The second-order valence-electron chi connectivity index (χ2n) is 4.74. The number of nitrogens with one attached hydrogen (secondary N) is 1. The summed E-state index contributed by atoms with van der Waals surface area (Å²) in [5.41, 5.74) is 2.57. The van der Waals surface area contributed by atoms with Crippen molar-refractivity contribution in [2.45, 2.75) is 13.5 Å². The fourth-order valence-corrected chi connectivity index (χ4v) is 2.78. The number of rotatable bonds is 3. The van der Waals surface area contributed by atoms with Crippen LogP contribution in [0.1, 0.15) is 11.3 Å². The van der Waals surface area contributed by atoms with E-state index in [4.69, 9.17) is 27.6 Å². The maximum absolute atomic E-state index is 13.4. The largest absolute Gasteiger partial charge is 0.461 e. The second-order valence-corrected chi connectivity index (χ2v) is 5.55. The quantitative estimate of drug-likeness (QED) is 0.616. The standard InChI is InChI=1S/C16H12Cl2FNO/c1-9-12(11-4-2-3-5-15(11)21-9)8-20-10-6-13(17)16(19)14(18)7-10/h2-7,20H,8H2,1H3. The zero-order valence-electron chi connectivity index (χ0n) is 11.2. The molecule has 3 aromatic rings. The minimum absolute atomic E-state index is 0.00114. The average molecular weight is 324 g/mol.